The van der Waals surface area contributed by atoms with Crippen LogP contribution in [-0.2, 0) is 12.0 Å². The minimum atomic E-state index is 0.0876. The lowest BCUT2D eigenvalue weighted by molar-refractivity contribution is 0.292. The fraction of sp³-hybridized carbons (Fsp3) is 0.444. The fourth-order valence-corrected chi connectivity index (χ4v) is 3.22. The van der Waals surface area contributed by atoms with Crippen molar-refractivity contribution in [3.05, 3.63) is 47.8 Å². The second-order valence-electron chi connectivity index (χ2n) is 6.66. The number of aliphatic hydroxyl groups is 1. The van der Waals surface area contributed by atoms with Crippen molar-refractivity contribution >= 4 is 11.6 Å². The first kappa shape index (κ1) is 15.7. The molecule has 1 aromatic carbocycles. The average Bonchev–Trinajstić information content (AvgIpc) is 2.55. The Labute approximate surface area is 137 Å². The molecule has 0 fully saturated rings. The second-order valence-corrected chi connectivity index (χ2v) is 6.66. The highest BCUT2D eigenvalue weighted by atomic mass is 16.3. The highest BCUT2D eigenvalue weighted by molar-refractivity contribution is 5.52. The van der Waals surface area contributed by atoms with E-state index in [1.807, 2.05) is 6.07 Å². The summed E-state index contributed by atoms with van der Waals surface area (Å²) in [5.74, 6) is 1.74. The molecule has 0 saturated heterocycles. The number of nitrogens with one attached hydrogen (secondary N) is 1. The minimum absolute atomic E-state index is 0.0876. The number of aromatic nitrogens is 2. The van der Waals surface area contributed by atoms with Crippen LogP contribution in [0.15, 0.2) is 36.7 Å². The molecule has 3 rings (SSSR count). The highest BCUT2D eigenvalue weighted by Crippen LogP contribution is 2.35. The summed E-state index contributed by atoms with van der Waals surface area (Å²) in [6.07, 6.45) is 2.31. The second kappa shape index (κ2) is 6.54. The molecule has 0 saturated carbocycles. The van der Waals surface area contributed by atoms with Crippen molar-refractivity contribution in [1.82, 2.24) is 9.97 Å². The quantitative estimate of drug-likeness (QED) is 0.831. The molecule has 0 amide bonds. The van der Waals surface area contributed by atoms with E-state index in [1.165, 1.54) is 11.1 Å². The molecular formula is C18H24N4O. The summed E-state index contributed by atoms with van der Waals surface area (Å²) in [6.45, 7) is 7.24. The zero-order valence-corrected chi connectivity index (χ0v) is 13.8. The zero-order valence-electron chi connectivity index (χ0n) is 13.8. The van der Waals surface area contributed by atoms with Gasteiger partial charge in [0.25, 0.3) is 0 Å². The molecule has 0 atom stereocenters. The van der Waals surface area contributed by atoms with Crippen molar-refractivity contribution in [3.63, 3.8) is 0 Å². The molecule has 1 aromatic heterocycles. The van der Waals surface area contributed by atoms with Crippen molar-refractivity contribution in [1.29, 1.82) is 0 Å². The highest BCUT2D eigenvalue weighted by Gasteiger charge is 2.31. The Hall–Kier alpha value is -2.14. The summed E-state index contributed by atoms with van der Waals surface area (Å²) in [4.78, 5) is 11.0. The van der Waals surface area contributed by atoms with Gasteiger partial charge in [0.1, 0.15) is 18.0 Å². The summed E-state index contributed by atoms with van der Waals surface area (Å²) >= 11 is 0. The molecule has 0 unspecified atom stereocenters. The third kappa shape index (κ3) is 3.45. The predicted octanol–water partition coefficient (Wildman–Crippen LogP) is 2.57. The molecule has 2 heterocycles. The lowest BCUT2D eigenvalue weighted by Gasteiger charge is -2.40. The van der Waals surface area contributed by atoms with Crippen LogP contribution in [0.3, 0.4) is 0 Å². The third-order valence-electron chi connectivity index (χ3n) is 4.31. The van der Waals surface area contributed by atoms with Gasteiger partial charge >= 0.3 is 0 Å². The first-order chi connectivity index (χ1) is 11.1. The zero-order chi connectivity index (χ0) is 16.3. The van der Waals surface area contributed by atoms with Crippen LogP contribution in [0.1, 0.15) is 31.4 Å². The van der Waals surface area contributed by atoms with E-state index in [9.17, 15) is 0 Å². The number of nitrogens with zero attached hydrogens (tertiary/aromatic N) is 3. The molecule has 2 aromatic rings. The standard InChI is InChI=1S/C18H24N4O/c1-18(2)12-22(11-14-6-3-4-7-15(14)18)17-10-16(20-13-21-17)19-8-5-9-23/h3-4,6-7,10,13,23H,5,8-9,11-12H2,1-2H3,(H,19,20,21). The van der Waals surface area contributed by atoms with Gasteiger partial charge in [0.2, 0.25) is 0 Å². The number of hydrogen-bond donors (Lipinski definition) is 2. The van der Waals surface area contributed by atoms with Crippen LogP contribution in [0.5, 0.6) is 0 Å². The summed E-state index contributed by atoms with van der Waals surface area (Å²) in [7, 11) is 0. The van der Waals surface area contributed by atoms with Crippen LogP contribution in [-0.4, -0.2) is 34.8 Å². The summed E-state index contributed by atoms with van der Waals surface area (Å²) in [5, 5.41) is 12.1. The van der Waals surface area contributed by atoms with Crippen molar-refractivity contribution < 1.29 is 5.11 Å². The maximum atomic E-state index is 8.87. The monoisotopic (exact) mass is 312 g/mol. The Morgan fingerprint density at radius 1 is 1.26 bits per heavy atom. The number of hydrogen-bond acceptors (Lipinski definition) is 5. The summed E-state index contributed by atoms with van der Waals surface area (Å²) in [5.41, 5.74) is 2.87. The van der Waals surface area contributed by atoms with Crippen LogP contribution >= 0.6 is 0 Å². The van der Waals surface area contributed by atoms with E-state index in [-0.39, 0.29) is 12.0 Å². The van der Waals surface area contributed by atoms with E-state index in [1.54, 1.807) is 6.33 Å². The molecule has 0 aliphatic carbocycles. The molecule has 0 spiro atoms. The Kier molecular flexibility index (Phi) is 4.48. The van der Waals surface area contributed by atoms with Gasteiger partial charge in [-0.3, -0.25) is 0 Å². The Bertz CT molecular complexity index is 672. The van der Waals surface area contributed by atoms with E-state index in [0.29, 0.717) is 13.0 Å². The van der Waals surface area contributed by atoms with Gasteiger partial charge < -0.3 is 15.3 Å². The van der Waals surface area contributed by atoms with Crippen molar-refractivity contribution in [2.45, 2.75) is 32.2 Å². The lowest BCUT2D eigenvalue weighted by Crippen LogP contribution is -2.42. The van der Waals surface area contributed by atoms with Crippen LogP contribution < -0.4 is 10.2 Å². The molecule has 0 bridgehead atoms. The van der Waals surface area contributed by atoms with Crippen LogP contribution in [0, 0.1) is 0 Å². The lowest BCUT2D eigenvalue weighted by atomic mass is 9.78. The van der Waals surface area contributed by atoms with Gasteiger partial charge in [-0.05, 0) is 17.5 Å². The number of aliphatic hydroxyl groups excluding tert-OH is 1. The molecule has 0 radical (unpaired) electrons. The first-order valence-electron chi connectivity index (χ1n) is 8.10. The molecule has 1 aliphatic rings. The van der Waals surface area contributed by atoms with E-state index in [4.69, 9.17) is 5.11 Å². The molecule has 23 heavy (non-hydrogen) atoms. The van der Waals surface area contributed by atoms with Crippen molar-refractivity contribution in [2.24, 2.45) is 0 Å². The predicted molar refractivity (Wildman–Crippen MR) is 92.7 cm³/mol. The summed E-state index contributed by atoms with van der Waals surface area (Å²) < 4.78 is 0. The van der Waals surface area contributed by atoms with Crippen LogP contribution in [0.4, 0.5) is 11.6 Å². The van der Waals surface area contributed by atoms with Gasteiger partial charge in [-0.2, -0.15) is 0 Å². The maximum Gasteiger partial charge on any atom is 0.134 e. The number of anilines is 2. The maximum absolute atomic E-state index is 8.87. The normalized spacial score (nSPS) is 16.0. The number of benzene rings is 1. The third-order valence-corrected chi connectivity index (χ3v) is 4.31. The first-order valence-corrected chi connectivity index (χ1v) is 8.10. The molecule has 5 heteroatoms. The number of rotatable bonds is 5. The fourth-order valence-electron chi connectivity index (χ4n) is 3.22. The SMILES string of the molecule is CC1(C)CN(c2cc(NCCCO)ncn2)Cc2ccccc21. The van der Waals surface area contributed by atoms with Crippen molar-refractivity contribution in [3.8, 4) is 0 Å². The van der Waals surface area contributed by atoms with Crippen LogP contribution in [0.2, 0.25) is 0 Å². The molecule has 122 valence electrons. The van der Waals surface area contributed by atoms with E-state index >= 15 is 0 Å². The van der Waals surface area contributed by atoms with Gasteiger partial charge in [-0.15, -0.1) is 0 Å². The number of fused-ring (bicyclic) bond motifs is 1. The van der Waals surface area contributed by atoms with Crippen LogP contribution in [0.25, 0.3) is 0 Å². The van der Waals surface area contributed by atoms with Crippen molar-refractivity contribution in [2.75, 3.05) is 29.9 Å². The van der Waals surface area contributed by atoms with E-state index in [0.717, 1.165) is 24.7 Å². The van der Waals surface area contributed by atoms with Gasteiger partial charge in [-0.1, -0.05) is 38.1 Å². The Balaban J connectivity index is 1.82. The topological polar surface area (TPSA) is 61.3 Å². The Morgan fingerprint density at radius 2 is 2.09 bits per heavy atom. The molecule has 1 aliphatic heterocycles. The Morgan fingerprint density at radius 3 is 2.91 bits per heavy atom. The van der Waals surface area contributed by atoms with E-state index in [2.05, 4.69) is 58.3 Å². The smallest absolute Gasteiger partial charge is 0.134 e. The van der Waals surface area contributed by atoms with Gasteiger partial charge in [-0.25, -0.2) is 9.97 Å². The summed E-state index contributed by atoms with van der Waals surface area (Å²) in [6, 6.07) is 10.6. The molecule has 2 N–H and O–H groups in total. The average molecular weight is 312 g/mol. The molecule has 5 nitrogen and oxygen atoms in total. The van der Waals surface area contributed by atoms with E-state index < -0.39 is 0 Å². The molecular weight excluding hydrogens is 288 g/mol. The van der Waals surface area contributed by atoms with Gasteiger partial charge in [0.15, 0.2) is 0 Å². The van der Waals surface area contributed by atoms with Gasteiger partial charge in [0.05, 0.1) is 0 Å². The minimum Gasteiger partial charge on any atom is -0.396 e. The largest absolute Gasteiger partial charge is 0.396 e. The van der Waals surface area contributed by atoms with Gasteiger partial charge in [0, 0.05) is 37.7 Å².